The average molecular weight is 353 g/mol. The van der Waals surface area contributed by atoms with E-state index < -0.39 is 29.6 Å². The van der Waals surface area contributed by atoms with Crippen molar-refractivity contribution in [3.05, 3.63) is 11.6 Å². The lowest BCUT2D eigenvalue weighted by Crippen LogP contribution is -2.50. The van der Waals surface area contributed by atoms with Gasteiger partial charge in [-0.2, -0.15) is 0 Å². The van der Waals surface area contributed by atoms with E-state index >= 15 is 0 Å². The van der Waals surface area contributed by atoms with Gasteiger partial charge in [0.15, 0.2) is 5.60 Å². The summed E-state index contributed by atoms with van der Waals surface area (Å²) in [5.74, 6) is -2.19. The molecule has 140 valence electrons. The molecular formula is C18H27NO6. The maximum Gasteiger partial charge on any atom is 0.338 e. The first-order chi connectivity index (χ1) is 11.8. The third kappa shape index (κ3) is 3.09. The smallest absolute Gasteiger partial charge is 0.338 e. The predicted molar refractivity (Wildman–Crippen MR) is 88.5 cm³/mol. The van der Waals surface area contributed by atoms with Gasteiger partial charge in [0.2, 0.25) is 0 Å². The van der Waals surface area contributed by atoms with Gasteiger partial charge in [-0.1, -0.05) is 13.0 Å². The lowest BCUT2D eigenvalue weighted by molar-refractivity contribution is -0.176. The van der Waals surface area contributed by atoms with Crippen molar-refractivity contribution < 1.29 is 29.3 Å². The number of ether oxygens (including phenoxy) is 2. The lowest BCUT2D eigenvalue weighted by Gasteiger charge is -2.34. The molecule has 0 aromatic heterocycles. The van der Waals surface area contributed by atoms with Gasteiger partial charge in [0.25, 0.3) is 0 Å². The zero-order valence-electron chi connectivity index (χ0n) is 15.0. The first kappa shape index (κ1) is 18.4. The number of nitrogens with zero attached hydrogens (tertiary/aromatic N) is 1. The number of rotatable bonds is 0. The molecule has 7 nitrogen and oxygen atoms in total. The standard InChI is InChI=1S/C18H27NO6/c1-4-12-15(20)10(2)18(3,23)17(22)24-9-11-5-7-19-8-6-13(14(11)19)25-16(12)21/h4,10-11,13-15,20,23H,5-9H2,1-3H3/t10-,11-,13-,14-,15+,18+/m1/s1. The summed E-state index contributed by atoms with van der Waals surface area (Å²) in [6.45, 7) is 6.37. The topological polar surface area (TPSA) is 96.3 Å². The van der Waals surface area contributed by atoms with Crippen LogP contribution in [0.1, 0.15) is 33.6 Å². The van der Waals surface area contributed by atoms with E-state index in [0.717, 1.165) is 25.9 Å². The molecule has 0 aromatic carbocycles. The fraction of sp³-hybridized carbons (Fsp3) is 0.778. The largest absolute Gasteiger partial charge is 0.463 e. The first-order valence-electron chi connectivity index (χ1n) is 8.96. The summed E-state index contributed by atoms with van der Waals surface area (Å²) in [7, 11) is 0. The molecule has 2 N–H and O–H groups in total. The highest BCUT2D eigenvalue weighted by atomic mass is 16.6. The fourth-order valence-corrected chi connectivity index (χ4v) is 4.23. The molecule has 25 heavy (non-hydrogen) atoms. The molecule has 0 bridgehead atoms. The van der Waals surface area contributed by atoms with E-state index in [4.69, 9.17) is 9.47 Å². The summed E-state index contributed by atoms with van der Waals surface area (Å²) in [5.41, 5.74) is -1.84. The van der Waals surface area contributed by atoms with Gasteiger partial charge < -0.3 is 19.7 Å². The second kappa shape index (κ2) is 6.70. The van der Waals surface area contributed by atoms with Gasteiger partial charge in [0.1, 0.15) is 6.10 Å². The van der Waals surface area contributed by atoms with Crippen molar-refractivity contribution in [1.29, 1.82) is 0 Å². The van der Waals surface area contributed by atoms with Gasteiger partial charge in [-0.05, 0) is 33.2 Å². The summed E-state index contributed by atoms with van der Waals surface area (Å²) in [6.07, 6.45) is 1.49. The van der Waals surface area contributed by atoms with Crippen molar-refractivity contribution in [2.24, 2.45) is 11.8 Å². The van der Waals surface area contributed by atoms with Gasteiger partial charge in [0, 0.05) is 18.4 Å². The summed E-state index contributed by atoms with van der Waals surface area (Å²) in [6, 6.07) is 0.0220. The van der Waals surface area contributed by atoms with Crippen LogP contribution in [0, 0.1) is 11.8 Å². The van der Waals surface area contributed by atoms with E-state index in [-0.39, 0.29) is 30.2 Å². The highest BCUT2D eigenvalue weighted by Crippen LogP contribution is 2.37. The molecule has 3 heterocycles. The molecule has 3 aliphatic rings. The first-order valence-corrected chi connectivity index (χ1v) is 8.96. The fourth-order valence-electron chi connectivity index (χ4n) is 4.23. The molecule has 3 fully saturated rings. The van der Waals surface area contributed by atoms with Crippen molar-refractivity contribution in [3.63, 3.8) is 0 Å². The lowest BCUT2D eigenvalue weighted by atomic mass is 9.82. The van der Waals surface area contributed by atoms with Crippen molar-refractivity contribution in [1.82, 2.24) is 4.90 Å². The second-order valence-electron chi connectivity index (χ2n) is 7.53. The van der Waals surface area contributed by atoms with E-state index in [1.54, 1.807) is 6.92 Å². The molecule has 0 saturated carbocycles. The van der Waals surface area contributed by atoms with Crippen LogP contribution in [0.25, 0.3) is 0 Å². The zero-order valence-corrected chi connectivity index (χ0v) is 15.0. The monoisotopic (exact) mass is 353 g/mol. The third-order valence-electron chi connectivity index (χ3n) is 6.10. The van der Waals surface area contributed by atoms with Crippen LogP contribution in [0.15, 0.2) is 11.6 Å². The Bertz CT molecular complexity index is 586. The molecule has 3 saturated heterocycles. The summed E-state index contributed by atoms with van der Waals surface area (Å²) in [5, 5.41) is 21.2. The predicted octanol–water partition coefficient (Wildman–Crippen LogP) is 0.244. The van der Waals surface area contributed by atoms with Crippen molar-refractivity contribution in [3.8, 4) is 0 Å². The Morgan fingerprint density at radius 2 is 1.96 bits per heavy atom. The van der Waals surface area contributed by atoms with Crippen molar-refractivity contribution in [2.45, 2.75) is 57.5 Å². The quantitative estimate of drug-likeness (QED) is 0.476. The molecule has 0 radical (unpaired) electrons. The summed E-state index contributed by atoms with van der Waals surface area (Å²) >= 11 is 0. The van der Waals surface area contributed by atoms with Crippen molar-refractivity contribution in [2.75, 3.05) is 19.7 Å². The van der Waals surface area contributed by atoms with E-state index in [1.165, 1.54) is 19.9 Å². The Morgan fingerprint density at radius 3 is 2.64 bits per heavy atom. The highest BCUT2D eigenvalue weighted by molar-refractivity contribution is 5.90. The highest BCUT2D eigenvalue weighted by Gasteiger charge is 2.49. The molecule has 0 aliphatic carbocycles. The molecular weight excluding hydrogens is 326 g/mol. The Labute approximate surface area is 147 Å². The van der Waals surface area contributed by atoms with Crippen LogP contribution in [-0.4, -0.2) is 70.6 Å². The maximum atomic E-state index is 12.6. The molecule has 7 heteroatoms. The molecule has 0 spiro atoms. The van der Waals surface area contributed by atoms with Gasteiger partial charge in [-0.3, -0.25) is 4.90 Å². The van der Waals surface area contributed by atoms with Crippen molar-refractivity contribution >= 4 is 11.9 Å². The molecule has 0 amide bonds. The number of allylic oxidation sites excluding steroid dienone is 1. The maximum absolute atomic E-state index is 12.6. The Hall–Kier alpha value is -1.44. The SMILES string of the molecule is CC=C1C(=O)O[C@@H]2CCN3CC[C@H](COC(=O)[C@@](C)(O)[C@H](C)[C@@H]1O)[C@H]23. The van der Waals surface area contributed by atoms with Crippen LogP contribution in [-0.2, 0) is 19.1 Å². The molecule has 3 aliphatic heterocycles. The summed E-state index contributed by atoms with van der Waals surface area (Å²) < 4.78 is 11.1. The van der Waals surface area contributed by atoms with Gasteiger partial charge in [-0.15, -0.1) is 0 Å². The molecule has 0 unspecified atom stereocenters. The number of hydrogen-bond donors (Lipinski definition) is 2. The number of aliphatic hydroxyl groups is 2. The normalized spacial score (nSPS) is 44.7. The van der Waals surface area contributed by atoms with E-state index in [0.29, 0.717) is 0 Å². The van der Waals surface area contributed by atoms with E-state index in [2.05, 4.69) is 4.90 Å². The summed E-state index contributed by atoms with van der Waals surface area (Å²) in [4.78, 5) is 27.3. The van der Waals surface area contributed by atoms with E-state index in [9.17, 15) is 19.8 Å². The number of esters is 2. The van der Waals surface area contributed by atoms with Crippen LogP contribution >= 0.6 is 0 Å². The molecule has 0 aromatic rings. The molecule has 6 atom stereocenters. The molecule has 3 rings (SSSR count). The minimum Gasteiger partial charge on any atom is -0.463 e. The minimum absolute atomic E-state index is 0.0220. The Balaban J connectivity index is 1.94. The number of carbonyl (C=O) groups is 2. The Morgan fingerprint density at radius 1 is 1.28 bits per heavy atom. The van der Waals surface area contributed by atoms with Gasteiger partial charge in [0.05, 0.1) is 24.3 Å². The Kier molecular flexibility index (Phi) is 4.92. The van der Waals surface area contributed by atoms with Gasteiger partial charge in [-0.25, -0.2) is 9.59 Å². The van der Waals surface area contributed by atoms with Crippen LogP contribution in [0.5, 0.6) is 0 Å². The third-order valence-corrected chi connectivity index (χ3v) is 6.10. The second-order valence-corrected chi connectivity index (χ2v) is 7.53. The van der Waals surface area contributed by atoms with Crippen LogP contribution in [0.4, 0.5) is 0 Å². The van der Waals surface area contributed by atoms with E-state index in [1.807, 2.05) is 0 Å². The van der Waals surface area contributed by atoms with Crippen LogP contribution in [0.3, 0.4) is 0 Å². The minimum atomic E-state index is -1.90. The van der Waals surface area contributed by atoms with Crippen LogP contribution < -0.4 is 0 Å². The zero-order chi connectivity index (χ0) is 18.4. The number of aliphatic hydroxyl groups excluding tert-OH is 1. The van der Waals surface area contributed by atoms with Crippen LogP contribution in [0.2, 0.25) is 0 Å². The number of carbonyl (C=O) groups excluding carboxylic acids is 2. The number of cyclic esters (lactones) is 1. The number of hydrogen-bond acceptors (Lipinski definition) is 7. The van der Waals surface area contributed by atoms with Gasteiger partial charge >= 0.3 is 11.9 Å². The average Bonchev–Trinajstić information content (AvgIpc) is 3.14.